The number of hydrogen-bond donors (Lipinski definition) is 0. The Labute approximate surface area is 97.2 Å². The molecule has 0 aromatic carbocycles. The van der Waals surface area contributed by atoms with Crippen molar-refractivity contribution in [3.63, 3.8) is 0 Å². The molecule has 0 radical (unpaired) electrons. The molecule has 0 unspecified atom stereocenters. The van der Waals surface area contributed by atoms with Crippen LogP contribution in [0.5, 0.6) is 5.75 Å². The van der Waals surface area contributed by atoms with Gasteiger partial charge in [0.05, 0.1) is 12.8 Å². The number of fused-ring (bicyclic) bond motifs is 1. The van der Waals surface area contributed by atoms with E-state index in [0.717, 1.165) is 36.2 Å². The molecule has 15 heavy (non-hydrogen) atoms. The van der Waals surface area contributed by atoms with E-state index in [4.69, 9.17) is 4.74 Å². The summed E-state index contributed by atoms with van der Waals surface area (Å²) in [4.78, 5) is 4.17. The van der Waals surface area contributed by atoms with E-state index >= 15 is 0 Å². The molecule has 0 aliphatic heterocycles. The summed E-state index contributed by atoms with van der Waals surface area (Å²) in [5.41, 5.74) is 0.947. The zero-order chi connectivity index (χ0) is 10.5. The van der Waals surface area contributed by atoms with Crippen LogP contribution in [0.25, 0.3) is 5.65 Å². The molecular formula is C11H13BrN2O. The maximum atomic E-state index is 5.62. The minimum atomic E-state index is 0.770. The third-order valence-corrected chi connectivity index (χ3v) is 2.72. The highest BCUT2D eigenvalue weighted by molar-refractivity contribution is 9.09. The lowest BCUT2D eigenvalue weighted by molar-refractivity contribution is 0.308. The van der Waals surface area contributed by atoms with Crippen molar-refractivity contribution in [2.75, 3.05) is 11.9 Å². The van der Waals surface area contributed by atoms with Gasteiger partial charge in [-0.3, -0.25) is 0 Å². The molecular weight excluding hydrogens is 256 g/mol. The number of imidazole rings is 1. The van der Waals surface area contributed by atoms with Crippen molar-refractivity contribution in [1.29, 1.82) is 0 Å². The van der Waals surface area contributed by atoms with Gasteiger partial charge in [0.2, 0.25) is 0 Å². The standard InChI is InChI=1S/C11H13BrN2O/c12-5-1-2-8-15-10-3-4-11-13-6-7-14(11)9-10/h3-4,6-7,9H,1-2,5,8H2. The van der Waals surface area contributed by atoms with Gasteiger partial charge in [-0.1, -0.05) is 15.9 Å². The van der Waals surface area contributed by atoms with Gasteiger partial charge in [-0.05, 0) is 25.0 Å². The predicted molar refractivity (Wildman–Crippen MR) is 63.7 cm³/mol. The van der Waals surface area contributed by atoms with Gasteiger partial charge in [0.1, 0.15) is 11.4 Å². The molecule has 4 heteroatoms. The average Bonchev–Trinajstić information content (AvgIpc) is 2.71. The maximum absolute atomic E-state index is 5.62. The van der Waals surface area contributed by atoms with Gasteiger partial charge in [0.15, 0.2) is 0 Å². The molecule has 0 saturated heterocycles. The van der Waals surface area contributed by atoms with E-state index in [0.29, 0.717) is 0 Å². The van der Waals surface area contributed by atoms with Gasteiger partial charge in [-0.15, -0.1) is 0 Å². The molecule has 0 atom stereocenters. The highest BCUT2D eigenvalue weighted by Crippen LogP contribution is 2.12. The van der Waals surface area contributed by atoms with Crippen LogP contribution in [0.4, 0.5) is 0 Å². The lowest BCUT2D eigenvalue weighted by Crippen LogP contribution is -1.98. The first kappa shape index (κ1) is 10.5. The lowest BCUT2D eigenvalue weighted by Gasteiger charge is -2.05. The molecule has 2 aromatic heterocycles. The van der Waals surface area contributed by atoms with Crippen molar-refractivity contribution in [3.05, 3.63) is 30.7 Å². The van der Waals surface area contributed by atoms with Crippen molar-refractivity contribution in [2.24, 2.45) is 0 Å². The minimum absolute atomic E-state index is 0.770. The molecule has 0 aliphatic rings. The van der Waals surface area contributed by atoms with Gasteiger partial charge in [-0.2, -0.15) is 0 Å². The van der Waals surface area contributed by atoms with E-state index in [1.165, 1.54) is 0 Å². The number of hydrogen-bond acceptors (Lipinski definition) is 2. The Morgan fingerprint density at radius 2 is 2.27 bits per heavy atom. The Morgan fingerprint density at radius 1 is 1.33 bits per heavy atom. The van der Waals surface area contributed by atoms with Crippen LogP contribution in [0.1, 0.15) is 12.8 Å². The summed E-state index contributed by atoms with van der Waals surface area (Å²) in [6.45, 7) is 0.770. The van der Waals surface area contributed by atoms with Crippen molar-refractivity contribution in [2.45, 2.75) is 12.8 Å². The summed E-state index contributed by atoms with van der Waals surface area (Å²) in [5, 5.41) is 1.04. The molecule has 3 nitrogen and oxygen atoms in total. The number of aromatic nitrogens is 2. The summed E-state index contributed by atoms with van der Waals surface area (Å²) in [5.74, 6) is 0.898. The van der Waals surface area contributed by atoms with Crippen LogP contribution in [0.2, 0.25) is 0 Å². The van der Waals surface area contributed by atoms with Crippen LogP contribution in [0.3, 0.4) is 0 Å². The van der Waals surface area contributed by atoms with Gasteiger partial charge >= 0.3 is 0 Å². The largest absolute Gasteiger partial charge is 0.492 e. The third kappa shape index (κ3) is 2.72. The number of nitrogens with zero attached hydrogens (tertiary/aromatic N) is 2. The van der Waals surface area contributed by atoms with Gasteiger partial charge in [0.25, 0.3) is 0 Å². The molecule has 0 fully saturated rings. The quantitative estimate of drug-likeness (QED) is 0.616. The van der Waals surface area contributed by atoms with Gasteiger partial charge < -0.3 is 9.14 Å². The van der Waals surface area contributed by atoms with Crippen LogP contribution in [-0.2, 0) is 0 Å². The zero-order valence-corrected chi connectivity index (χ0v) is 9.98. The molecule has 80 valence electrons. The monoisotopic (exact) mass is 268 g/mol. The molecule has 0 N–H and O–H groups in total. The Hall–Kier alpha value is -1.03. The minimum Gasteiger partial charge on any atom is -0.492 e. The first-order valence-corrected chi connectivity index (χ1v) is 6.14. The van der Waals surface area contributed by atoms with E-state index in [9.17, 15) is 0 Å². The maximum Gasteiger partial charge on any atom is 0.136 e. The second-order valence-electron chi connectivity index (χ2n) is 3.30. The SMILES string of the molecule is BrCCCCOc1ccc2nccn2c1. The van der Waals surface area contributed by atoms with E-state index in [1.54, 1.807) is 6.20 Å². The molecule has 0 amide bonds. The fourth-order valence-electron chi connectivity index (χ4n) is 1.37. The smallest absolute Gasteiger partial charge is 0.136 e. The molecule has 2 rings (SSSR count). The molecule has 0 aliphatic carbocycles. The first-order valence-electron chi connectivity index (χ1n) is 5.01. The number of rotatable bonds is 5. The third-order valence-electron chi connectivity index (χ3n) is 2.16. The van der Waals surface area contributed by atoms with Crippen LogP contribution in [0, 0.1) is 0 Å². The Balaban J connectivity index is 1.96. The van der Waals surface area contributed by atoms with Crippen molar-refractivity contribution >= 4 is 21.6 Å². The molecule has 0 bridgehead atoms. The zero-order valence-electron chi connectivity index (χ0n) is 8.40. The molecule has 2 heterocycles. The van der Waals surface area contributed by atoms with E-state index in [-0.39, 0.29) is 0 Å². The van der Waals surface area contributed by atoms with Crippen LogP contribution in [0.15, 0.2) is 30.7 Å². The summed E-state index contributed by atoms with van der Waals surface area (Å²) in [7, 11) is 0. The fourth-order valence-corrected chi connectivity index (χ4v) is 1.77. The molecule has 0 spiro atoms. The second kappa shape index (κ2) is 5.16. The van der Waals surface area contributed by atoms with E-state index < -0.39 is 0 Å². The molecule has 0 saturated carbocycles. The van der Waals surface area contributed by atoms with Gasteiger partial charge in [0, 0.05) is 17.7 Å². The fraction of sp³-hybridized carbons (Fsp3) is 0.364. The van der Waals surface area contributed by atoms with Crippen molar-refractivity contribution in [1.82, 2.24) is 9.38 Å². The van der Waals surface area contributed by atoms with Crippen LogP contribution in [-0.4, -0.2) is 21.3 Å². The summed E-state index contributed by atoms with van der Waals surface area (Å²) in [6, 6.07) is 3.91. The Morgan fingerprint density at radius 3 is 3.13 bits per heavy atom. The van der Waals surface area contributed by atoms with Crippen molar-refractivity contribution < 1.29 is 4.74 Å². The lowest BCUT2D eigenvalue weighted by atomic mass is 10.3. The highest BCUT2D eigenvalue weighted by Gasteiger charge is 1.97. The number of pyridine rings is 1. The summed E-state index contributed by atoms with van der Waals surface area (Å²) < 4.78 is 7.57. The number of ether oxygens (including phenoxy) is 1. The molecule has 2 aromatic rings. The van der Waals surface area contributed by atoms with Crippen LogP contribution < -0.4 is 4.74 Å². The second-order valence-corrected chi connectivity index (χ2v) is 4.10. The van der Waals surface area contributed by atoms with Gasteiger partial charge in [-0.25, -0.2) is 4.98 Å². The summed E-state index contributed by atoms with van der Waals surface area (Å²) in [6.07, 6.45) is 7.88. The predicted octanol–water partition coefficient (Wildman–Crippen LogP) is 2.89. The Bertz CT molecular complexity index is 427. The number of unbranched alkanes of at least 4 members (excludes halogenated alkanes) is 1. The first-order chi connectivity index (χ1) is 7.40. The van der Waals surface area contributed by atoms with Crippen LogP contribution >= 0.6 is 15.9 Å². The number of alkyl halides is 1. The average molecular weight is 269 g/mol. The van der Waals surface area contributed by atoms with Crippen molar-refractivity contribution in [3.8, 4) is 5.75 Å². The van der Waals surface area contributed by atoms with E-state index in [2.05, 4.69) is 20.9 Å². The Kier molecular flexibility index (Phi) is 3.61. The summed E-state index contributed by atoms with van der Waals surface area (Å²) >= 11 is 3.40. The normalized spacial score (nSPS) is 10.7. The topological polar surface area (TPSA) is 26.5 Å². The number of halogens is 1. The highest BCUT2D eigenvalue weighted by atomic mass is 79.9. The van der Waals surface area contributed by atoms with E-state index in [1.807, 2.05) is 28.9 Å².